The third-order valence-electron chi connectivity index (χ3n) is 1.77. The van der Waals surface area contributed by atoms with Gasteiger partial charge in [-0.25, -0.2) is 4.98 Å². The van der Waals surface area contributed by atoms with Crippen molar-refractivity contribution in [3.63, 3.8) is 0 Å². The second-order valence-corrected chi connectivity index (χ2v) is 4.15. The van der Waals surface area contributed by atoms with E-state index in [-0.39, 0.29) is 12.2 Å². The monoisotopic (exact) mass is 294 g/mol. The SMILES string of the molecule is NCc1nc(COC(C(F)(F)F)C(F)(F)F)cs1. The highest BCUT2D eigenvalue weighted by atomic mass is 32.1. The summed E-state index contributed by atoms with van der Waals surface area (Å²) < 4.78 is 76.5. The quantitative estimate of drug-likeness (QED) is 0.868. The van der Waals surface area contributed by atoms with E-state index in [1.165, 1.54) is 5.38 Å². The van der Waals surface area contributed by atoms with Crippen molar-refractivity contribution in [3.05, 3.63) is 16.1 Å². The van der Waals surface area contributed by atoms with E-state index in [4.69, 9.17) is 5.73 Å². The van der Waals surface area contributed by atoms with E-state index in [1.54, 1.807) is 0 Å². The number of alkyl halides is 6. The molecule has 0 amide bonds. The van der Waals surface area contributed by atoms with Crippen molar-refractivity contribution < 1.29 is 31.1 Å². The molecule has 0 aliphatic rings. The molecule has 1 aromatic heterocycles. The van der Waals surface area contributed by atoms with Crippen LogP contribution in [0.3, 0.4) is 0 Å². The molecule has 0 saturated carbocycles. The molecule has 10 heteroatoms. The van der Waals surface area contributed by atoms with Gasteiger partial charge in [-0.2, -0.15) is 26.3 Å². The lowest BCUT2D eigenvalue weighted by Gasteiger charge is -2.22. The first-order chi connectivity index (χ1) is 8.14. The Labute approximate surface area is 102 Å². The van der Waals surface area contributed by atoms with Crippen LogP contribution >= 0.6 is 11.3 Å². The lowest BCUT2D eigenvalue weighted by molar-refractivity contribution is -0.324. The van der Waals surface area contributed by atoms with Crippen LogP contribution in [0.25, 0.3) is 0 Å². The number of ether oxygens (including phenoxy) is 1. The molecule has 0 saturated heterocycles. The highest BCUT2D eigenvalue weighted by Gasteiger charge is 2.58. The van der Waals surface area contributed by atoms with Crippen molar-refractivity contribution >= 4 is 11.3 Å². The van der Waals surface area contributed by atoms with Gasteiger partial charge in [0.05, 0.1) is 12.3 Å². The standard InChI is InChI=1S/C8H8F6N2OS/c9-7(10,11)6(8(12,13)14)17-2-4-3-18-5(1-15)16-4/h3,6H,1-2,15H2. The Morgan fingerprint density at radius 1 is 1.22 bits per heavy atom. The van der Waals surface area contributed by atoms with Gasteiger partial charge in [-0.3, -0.25) is 0 Å². The minimum atomic E-state index is -5.51. The molecule has 0 aliphatic carbocycles. The van der Waals surface area contributed by atoms with E-state index in [1.807, 2.05) is 0 Å². The molecular weight excluding hydrogens is 286 g/mol. The molecule has 1 heterocycles. The van der Waals surface area contributed by atoms with E-state index in [2.05, 4.69) is 9.72 Å². The van der Waals surface area contributed by atoms with E-state index < -0.39 is 25.1 Å². The van der Waals surface area contributed by atoms with Crippen molar-refractivity contribution in [2.45, 2.75) is 31.6 Å². The molecular formula is C8H8F6N2OS. The Balaban J connectivity index is 2.68. The molecule has 1 aromatic rings. The summed E-state index contributed by atoms with van der Waals surface area (Å²) in [6.07, 6.45) is -14.8. The summed E-state index contributed by atoms with van der Waals surface area (Å²) in [5.74, 6) is 0. The van der Waals surface area contributed by atoms with E-state index >= 15 is 0 Å². The smallest absolute Gasteiger partial charge is 0.354 e. The normalized spacial score (nSPS) is 13.3. The minimum absolute atomic E-state index is 0.0149. The van der Waals surface area contributed by atoms with Gasteiger partial charge in [-0.15, -0.1) is 11.3 Å². The van der Waals surface area contributed by atoms with Gasteiger partial charge < -0.3 is 10.5 Å². The maximum absolute atomic E-state index is 12.1. The van der Waals surface area contributed by atoms with Crippen LogP contribution in [0, 0.1) is 0 Å². The lowest BCUT2D eigenvalue weighted by Crippen LogP contribution is -2.44. The predicted molar refractivity (Wildman–Crippen MR) is 50.7 cm³/mol. The molecule has 104 valence electrons. The van der Waals surface area contributed by atoms with Crippen LogP contribution in [0.5, 0.6) is 0 Å². The van der Waals surface area contributed by atoms with Crippen LogP contribution in [0.4, 0.5) is 26.3 Å². The van der Waals surface area contributed by atoms with Gasteiger partial charge in [0.2, 0.25) is 6.10 Å². The Bertz CT molecular complexity index is 374. The highest BCUT2D eigenvalue weighted by Crippen LogP contribution is 2.36. The van der Waals surface area contributed by atoms with E-state index in [0.29, 0.717) is 5.01 Å². The summed E-state index contributed by atoms with van der Waals surface area (Å²) in [5, 5.41) is 1.70. The first-order valence-electron chi connectivity index (χ1n) is 4.53. The summed E-state index contributed by atoms with van der Waals surface area (Å²) in [6, 6.07) is 0. The number of nitrogens with two attached hydrogens (primary N) is 1. The molecule has 0 radical (unpaired) electrons. The molecule has 0 aliphatic heterocycles. The van der Waals surface area contributed by atoms with Crippen molar-refractivity contribution in [3.8, 4) is 0 Å². The summed E-state index contributed by atoms with van der Waals surface area (Å²) in [7, 11) is 0. The lowest BCUT2D eigenvalue weighted by atomic mass is 10.3. The maximum Gasteiger partial charge on any atom is 0.423 e. The van der Waals surface area contributed by atoms with E-state index in [9.17, 15) is 26.3 Å². The molecule has 0 unspecified atom stereocenters. The van der Waals surface area contributed by atoms with Gasteiger partial charge in [0.25, 0.3) is 0 Å². The second kappa shape index (κ2) is 5.41. The van der Waals surface area contributed by atoms with Crippen molar-refractivity contribution in [1.29, 1.82) is 0 Å². The number of hydrogen-bond acceptors (Lipinski definition) is 4. The number of rotatable bonds is 4. The largest absolute Gasteiger partial charge is 0.423 e. The zero-order valence-electron chi connectivity index (χ0n) is 8.68. The Kier molecular flexibility index (Phi) is 4.56. The van der Waals surface area contributed by atoms with Gasteiger partial charge in [-0.1, -0.05) is 0 Å². The Morgan fingerprint density at radius 3 is 2.17 bits per heavy atom. The maximum atomic E-state index is 12.1. The van der Waals surface area contributed by atoms with Crippen molar-refractivity contribution in [1.82, 2.24) is 4.98 Å². The van der Waals surface area contributed by atoms with Gasteiger partial charge in [0, 0.05) is 11.9 Å². The summed E-state index contributed by atoms with van der Waals surface area (Å²) in [6.45, 7) is -0.813. The predicted octanol–water partition coefficient (Wildman–Crippen LogP) is 2.61. The first kappa shape index (κ1) is 15.2. The summed E-state index contributed by atoms with van der Waals surface area (Å²) in [5.41, 5.74) is 5.19. The molecule has 18 heavy (non-hydrogen) atoms. The van der Waals surface area contributed by atoms with Crippen LogP contribution in [0.1, 0.15) is 10.7 Å². The molecule has 0 spiro atoms. The molecule has 0 bridgehead atoms. The van der Waals surface area contributed by atoms with Crippen LogP contribution in [-0.2, 0) is 17.9 Å². The summed E-state index contributed by atoms with van der Waals surface area (Å²) >= 11 is 1.04. The number of hydrogen-bond donors (Lipinski definition) is 1. The van der Waals surface area contributed by atoms with Crippen LogP contribution in [0.15, 0.2) is 5.38 Å². The van der Waals surface area contributed by atoms with E-state index in [0.717, 1.165) is 11.3 Å². The second-order valence-electron chi connectivity index (χ2n) is 3.21. The van der Waals surface area contributed by atoms with Crippen LogP contribution in [0.2, 0.25) is 0 Å². The van der Waals surface area contributed by atoms with Gasteiger partial charge >= 0.3 is 12.4 Å². The molecule has 0 fully saturated rings. The average molecular weight is 294 g/mol. The molecule has 2 N–H and O–H groups in total. The Hall–Kier alpha value is -0.870. The third-order valence-corrected chi connectivity index (χ3v) is 2.69. The first-order valence-corrected chi connectivity index (χ1v) is 5.41. The van der Waals surface area contributed by atoms with Crippen LogP contribution in [-0.4, -0.2) is 23.4 Å². The molecule has 0 aromatic carbocycles. The average Bonchev–Trinajstić information content (AvgIpc) is 2.61. The van der Waals surface area contributed by atoms with Gasteiger partial charge in [0.1, 0.15) is 5.01 Å². The fraction of sp³-hybridized carbons (Fsp3) is 0.625. The van der Waals surface area contributed by atoms with Crippen LogP contribution < -0.4 is 5.73 Å². The summed E-state index contributed by atoms with van der Waals surface area (Å²) in [4.78, 5) is 3.70. The number of aromatic nitrogens is 1. The molecule has 3 nitrogen and oxygen atoms in total. The third kappa shape index (κ3) is 4.10. The number of nitrogens with zero attached hydrogens (tertiary/aromatic N) is 1. The fourth-order valence-corrected chi connectivity index (χ4v) is 1.71. The topological polar surface area (TPSA) is 48.1 Å². The van der Waals surface area contributed by atoms with Crippen molar-refractivity contribution in [2.75, 3.05) is 0 Å². The minimum Gasteiger partial charge on any atom is -0.354 e. The zero-order chi connectivity index (χ0) is 14.0. The highest BCUT2D eigenvalue weighted by molar-refractivity contribution is 7.09. The number of thiazole rings is 1. The zero-order valence-corrected chi connectivity index (χ0v) is 9.49. The van der Waals surface area contributed by atoms with Gasteiger partial charge in [0.15, 0.2) is 0 Å². The Morgan fingerprint density at radius 2 is 1.78 bits per heavy atom. The molecule has 0 atom stereocenters. The number of halogens is 6. The van der Waals surface area contributed by atoms with Crippen molar-refractivity contribution in [2.24, 2.45) is 5.73 Å². The molecule has 1 rings (SSSR count). The fourth-order valence-electron chi connectivity index (χ4n) is 1.05. The van der Waals surface area contributed by atoms with Gasteiger partial charge in [-0.05, 0) is 0 Å².